The van der Waals surface area contributed by atoms with E-state index < -0.39 is 8.80 Å². The Hall–Kier alpha value is -0.213. The predicted octanol–water partition coefficient (Wildman–Crippen LogP) is 3.49. The van der Waals surface area contributed by atoms with Crippen LogP contribution in [0.4, 0.5) is 0 Å². The molecule has 0 fully saturated rings. The van der Waals surface area contributed by atoms with E-state index in [1.807, 2.05) is 27.7 Å². The molecule has 0 aliphatic heterocycles. The lowest BCUT2D eigenvalue weighted by atomic mass is 10.3. The Morgan fingerprint density at radius 1 is 0.905 bits per heavy atom. The van der Waals surface area contributed by atoms with Crippen LogP contribution in [0.1, 0.15) is 53.9 Å². The molecular formula is C14H33NO4SSi. The fourth-order valence-electron chi connectivity index (χ4n) is 1.62. The zero-order valence-electron chi connectivity index (χ0n) is 14.3. The topological polar surface area (TPSA) is 62.9 Å². The van der Waals surface area contributed by atoms with Crippen molar-refractivity contribution in [2.24, 2.45) is 5.73 Å². The highest BCUT2D eigenvalue weighted by Gasteiger charge is 2.37. The number of nitrogens with two attached hydrogens (primary N) is 1. The van der Waals surface area contributed by atoms with Crippen molar-refractivity contribution in [3.05, 3.63) is 0 Å². The fraction of sp³-hybridized carbons (Fsp3) is 0.929. The molecule has 7 heteroatoms. The first-order valence-corrected chi connectivity index (χ1v) is 10.2. The highest BCUT2D eigenvalue weighted by atomic mass is 32.1. The zero-order valence-corrected chi connectivity index (χ0v) is 16.1. The molecule has 0 atom stereocenters. The standard InChI is InChI=1S/C8H20O3Si.C6H13NOS/c1-5-9-12(8-4,10-6-2)11-7-3;1-2-3-4-5-8-6(7)9/h5-8H2,1-4H3;2-5H2,1H3,(H2,7,9). The Labute approximate surface area is 136 Å². The van der Waals surface area contributed by atoms with E-state index in [1.165, 1.54) is 12.8 Å². The summed E-state index contributed by atoms with van der Waals surface area (Å²) in [6, 6.07) is 0.850. The molecule has 0 bridgehead atoms. The van der Waals surface area contributed by atoms with E-state index in [0.717, 1.165) is 12.5 Å². The van der Waals surface area contributed by atoms with Gasteiger partial charge in [0.2, 0.25) is 0 Å². The van der Waals surface area contributed by atoms with Gasteiger partial charge in [0.25, 0.3) is 5.17 Å². The second kappa shape index (κ2) is 16.2. The maximum Gasteiger partial charge on any atom is 0.500 e. The van der Waals surface area contributed by atoms with Gasteiger partial charge in [-0.05, 0) is 39.4 Å². The van der Waals surface area contributed by atoms with Crippen molar-refractivity contribution >= 4 is 26.2 Å². The molecule has 0 aliphatic rings. The maximum atomic E-state index is 5.55. The lowest BCUT2D eigenvalue weighted by molar-refractivity contribution is 0.0725. The quantitative estimate of drug-likeness (QED) is 0.353. The third-order valence-corrected chi connectivity index (χ3v) is 5.69. The van der Waals surface area contributed by atoms with Crippen molar-refractivity contribution in [3.63, 3.8) is 0 Å². The minimum absolute atomic E-state index is 0.158. The van der Waals surface area contributed by atoms with Gasteiger partial charge in [-0.15, -0.1) is 0 Å². The number of unbranched alkanes of at least 4 members (excludes halogenated alkanes) is 2. The molecule has 0 saturated carbocycles. The van der Waals surface area contributed by atoms with Gasteiger partial charge in [0, 0.05) is 25.9 Å². The van der Waals surface area contributed by atoms with Gasteiger partial charge in [0.15, 0.2) is 0 Å². The van der Waals surface area contributed by atoms with Crippen molar-refractivity contribution in [1.29, 1.82) is 0 Å². The van der Waals surface area contributed by atoms with E-state index in [0.29, 0.717) is 26.4 Å². The van der Waals surface area contributed by atoms with Crippen molar-refractivity contribution in [1.82, 2.24) is 0 Å². The molecule has 0 amide bonds. The largest absolute Gasteiger partial charge is 0.500 e. The molecule has 0 unspecified atom stereocenters. The first-order chi connectivity index (χ1) is 10.0. The molecule has 0 heterocycles. The molecule has 128 valence electrons. The highest BCUT2D eigenvalue weighted by Crippen LogP contribution is 2.14. The van der Waals surface area contributed by atoms with E-state index in [9.17, 15) is 0 Å². The van der Waals surface area contributed by atoms with Crippen LogP contribution < -0.4 is 5.73 Å². The summed E-state index contributed by atoms with van der Waals surface area (Å²) in [5.41, 5.74) is 5.08. The van der Waals surface area contributed by atoms with Crippen LogP contribution in [0.2, 0.25) is 6.04 Å². The fourth-order valence-corrected chi connectivity index (χ4v) is 3.88. The minimum Gasteiger partial charge on any atom is -0.471 e. The number of hydrogen-bond acceptors (Lipinski definition) is 5. The monoisotopic (exact) mass is 339 g/mol. The molecule has 21 heavy (non-hydrogen) atoms. The molecule has 0 spiro atoms. The number of thiocarbonyl (C=S) groups is 1. The first kappa shape index (κ1) is 23.1. The van der Waals surface area contributed by atoms with Crippen LogP contribution in [0.25, 0.3) is 0 Å². The molecule has 0 aromatic heterocycles. The summed E-state index contributed by atoms with van der Waals surface area (Å²) in [4.78, 5) is 0. The number of ether oxygens (including phenoxy) is 1. The third kappa shape index (κ3) is 14.5. The summed E-state index contributed by atoms with van der Waals surface area (Å²) in [7, 11) is -2.27. The van der Waals surface area contributed by atoms with Crippen LogP contribution in [0.5, 0.6) is 0 Å². The van der Waals surface area contributed by atoms with E-state index in [-0.39, 0.29) is 5.17 Å². The first-order valence-electron chi connectivity index (χ1n) is 7.85. The smallest absolute Gasteiger partial charge is 0.471 e. The lowest BCUT2D eigenvalue weighted by Crippen LogP contribution is -2.45. The van der Waals surface area contributed by atoms with Gasteiger partial charge < -0.3 is 23.7 Å². The van der Waals surface area contributed by atoms with Crippen LogP contribution in [0, 0.1) is 0 Å². The second-order valence-corrected chi connectivity index (χ2v) is 7.55. The van der Waals surface area contributed by atoms with Crippen molar-refractivity contribution in [2.75, 3.05) is 26.4 Å². The van der Waals surface area contributed by atoms with Gasteiger partial charge in [-0.25, -0.2) is 0 Å². The third-order valence-electron chi connectivity index (χ3n) is 2.52. The number of hydrogen-bond donors (Lipinski definition) is 1. The summed E-state index contributed by atoms with van der Waals surface area (Å²) in [6.07, 6.45) is 3.43. The average Bonchev–Trinajstić information content (AvgIpc) is 2.45. The number of rotatable bonds is 11. The molecule has 0 aromatic rings. The molecule has 5 nitrogen and oxygen atoms in total. The normalized spacial score (nSPS) is 10.7. The van der Waals surface area contributed by atoms with Gasteiger partial charge in [-0.2, -0.15) is 0 Å². The minimum atomic E-state index is -2.27. The van der Waals surface area contributed by atoms with E-state index in [4.69, 9.17) is 23.7 Å². The Kier molecular flexibility index (Phi) is 17.7. The average molecular weight is 340 g/mol. The van der Waals surface area contributed by atoms with Gasteiger partial charge >= 0.3 is 8.80 Å². The molecule has 0 rings (SSSR count). The summed E-state index contributed by atoms with van der Waals surface area (Å²) < 4.78 is 21.5. The molecular weight excluding hydrogens is 306 g/mol. The Balaban J connectivity index is 0. The van der Waals surface area contributed by atoms with Crippen LogP contribution in [0.3, 0.4) is 0 Å². The van der Waals surface area contributed by atoms with Gasteiger partial charge in [-0.3, -0.25) is 0 Å². The molecule has 0 radical (unpaired) electrons. The van der Waals surface area contributed by atoms with E-state index in [1.54, 1.807) is 0 Å². The highest BCUT2D eigenvalue weighted by molar-refractivity contribution is 7.80. The predicted molar refractivity (Wildman–Crippen MR) is 93.4 cm³/mol. The van der Waals surface area contributed by atoms with Crippen LogP contribution >= 0.6 is 12.2 Å². The van der Waals surface area contributed by atoms with Gasteiger partial charge in [-0.1, -0.05) is 26.7 Å². The van der Waals surface area contributed by atoms with Crippen LogP contribution in [-0.4, -0.2) is 40.4 Å². The maximum absolute atomic E-state index is 5.55. The Morgan fingerprint density at radius 2 is 1.38 bits per heavy atom. The van der Waals surface area contributed by atoms with Crippen LogP contribution in [0.15, 0.2) is 0 Å². The Bertz CT molecular complexity index is 228. The Morgan fingerprint density at radius 3 is 1.67 bits per heavy atom. The zero-order chi connectivity index (χ0) is 16.6. The van der Waals surface area contributed by atoms with Crippen LogP contribution in [-0.2, 0) is 18.0 Å². The van der Waals surface area contributed by atoms with E-state index in [2.05, 4.69) is 19.1 Å². The lowest BCUT2D eigenvalue weighted by Gasteiger charge is -2.26. The van der Waals surface area contributed by atoms with E-state index >= 15 is 0 Å². The van der Waals surface area contributed by atoms with Crippen molar-refractivity contribution in [3.8, 4) is 0 Å². The summed E-state index contributed by atoms with van der Waals surface area (Å²) >= 11 is 4.50. The molecule has 0 aromatic carbocycles. The summed E-state index contributed by atoms with van der Waals surface area (Å²) in [5.74, 6) is 0. The molecule has 2 N–H and O–H groups in total. The van der Waals surface area contributed by atoms with Crippen molar-refractivity contribution in [2.45, 2.75) is 59.9 Å². The SMILES string of the molecule is CCCCCOC(N)=S.CCO[Si](CC)(OCC)OCC. The molecule has 0 saturated heterocycles. The van der Waals surface area contributed by atoms with Gasteiger partial charge in [0.05, 0.1) is 6.61 Å². The summed E-state index contributed by atoms with van der Waals surface area (Å²) in [6.45, 7) is 12.8. The second-order valence-electron chi connectivity index (χ2n) is 4.21. The van der Waals surface area contributed by atoms with Crippen molar-refractivity contribution < 1.29 is 18.0 Å². The van der Waals surface area contributed by atoms with Gasteiger partial charge in [0.1, 0.15) is 0 Å². The summed E-state index contributed by atoms with van der Waals surface area (Å²) in [5, 5.41) is 0.158. The molecule has 0 aliphatic carbocycles.